The highest BCUT2D eigenvalue weighted by atomic mass is 15.2. The van der Waals surface area contributed by atoms with Gasteiger partial charge in [0.15, 0.2) is 0 Å². The van der Waals surface area contributed by atoms with Gasteiger partial charge in [0, 0.05) is 12.1 Å². The second kappa shape index (κ2) is 12.2. The van der Waals surface area contributed by atoms with Gasteiger partial charge in [-0.1, -0.05) is 0 Å². The summed E-state index contributed by atoms with van der Waals surface area (Å²) < 4.78 is 0. The van der Waals surface area contributed by atoms with Crippen molar-refractivity contribution in [3.8, 4) is 0 Å². The van der Waals surface area contributed by atoms with Gasteiger partial charge in [-0.15, -0.1) is 0 Å². The van der Waals surface area contributed by atoms with Gasteiger partial charge < -0.3 is 20.4 Å². The summed E-state index contributed by atoms with van der Waals surface area (Å²) in [4.78, 5) is 5.07. The molecule has 0 atom stereocenters. The second-order valence-electron chi connectivity index (χ2n) is 8.04. The van der Waals surface area contributed by atoms with Gasteiger partial charge in [0.05, 0.1) is 0 Å². The Morgan fingerprint density at radius 2 is 0.917 bits per heavy atom. The summed E-state index contributed by atoms with van der Waals surface area (Å²) in [7, 11) is 4.56. The molecule has 4 heteroatoms. The molecule has 0 aromatic heterocycles. The smallest absolute Gasteiger partial charge is 0.00933 e. The van der Waals surface area contributed by atoms with Gasteiger partial charge >= 0.3 is 0 Å². The van der Waals surface area contributed by atoms with Crippen LogP contribution in [-0.4, -0.2) is 75.2 Å². The first kappa shape index (κ1) is 20.2. The van der Waals surface area contributed by atoms with Crippen LogP contribution < -0.4 is 10.6 Å². The van der Waals surface area contributed by atoms with Crippen LogP contribution >= 0.6 is 0 Å². The van der Waals surface area contributed by atoms with Gasteiger partial charge in [-0.2, -0.15) is 0 Å². The Kier molecular flexibility index (Phi) is 10.3. The summed E-state index contributed by atoms with van der Waals surface area (Å²) in [6.45, 7) is 7.33. The maximum Gasteiger partial charge on any atom is 0.00933 e. The van der Waals surface area contributed by atoms with Gasteiger partial charge in [-0.3, -0.25) is 0 Å². The Morgan fingerprint density at radius 3 is 1.25 bits per heavy atom. The van der Waals surface area contributed by atoms with Crippen molar-refractivity contribution >= 4 is 0 Å². The molecule has 2 fully saturated rings. The Hall–Kier alpha value is -0.160. The zero-order chi connectivity index (χ0) is 17.0. The number of hydrogen-bond acceptors (Lipinski definition) is 4. The van der Waals surface area contributed by atoms with Crippen LogP contribution in [0.2, 0.25) is 0 Å². The third-order valence-electron chi connectivity index (χ3n) is 5.53. The van der Waals surface area contributed by atoms with Crippen LogP contribution in [0.1, 0.15) is 64.2 Å². The number of rotatable bonds is 17. The topological polar surface area (TPSA) is 30.5 Å². The van der Waals surface area contributed by atoms with Crippen molar-refractivity contribution < 1.29 is 0 Å². The molecule has 2 N–H and O–H groups in total. The Bertz CT molecular complexity index is 272. The number of nitrogens with one attached hydrogen (secondary N) is 2. The second-order valence-corrected chi connectivity index (χ2v) is 8.04. The highest BCUT2D eigenvalue weighted by Gasteiger charge is 2.25. The summed E-state index contributed by atoms with van der Waals surface area (Å²) in [6, 6.07) is 1.84. The van der Waals surface area contributed by atoms with Gasteiger partial charge in [-0.25, -0.2) is 0 Å². The summed E-state index contributed by atoms with van der Waals surface area (Å²) in [5.74, 6) is 0. The van der Waals surface area contributed by atoms with E-state index in [0.717, 1.165) is 12.1 Å². The molecule has 2 rings (SSSR count). The van der Waals surface area contributed by atoms with Gasteiger partial charge in [0.1, 0.15) is 0 Å². The first-order chi connectivity index (χ1) is 11.8. The normalized spacial score (nSPS) is 18.0. The Morgan fingerprint density at radius 1 is 0.583 bits per heavy atom. The van der Waals surface area contributed by atoms with Crippen LogP contribution in [0.5, 0.6) is 0 Å². The van der Waals surface area contributed by atoms with Crippen LogP contribution in [0.4, 0.5) is 0 Å². The zero-order valence-electron chi connectivity index (χ0n) is 16.4. The summed E-state index contributed by atoms with van der Waals surface area (Å²) >= 11 is 0. The van der Waals surface area contributed by atoms with Crippen molar-refractivity contribution in [3.63, 3.8) is 0 Å². The number of hydrogen-bond donors (Lipinski definition) is 2. The van der Waals surface area contributed by atoms with Crippen LogP contribution in [0.25, 0.3) is 0 Å². The first-order valence-electron chi connectivity index (χ1n) is 10.6. The molecule has 24 heavy (non-hydrogen) atoms. The lowest BCUT2D eigenvalue weighted by molar-refractivity contribution is 0.315. The molecular weight excluding hydrogens is 296 g/mol. The molecule has 0 spiro atoms. The molecule has 0 aromatic rings. The minimum Gasteiger partial charge on any atom is -0.317 e. The van der Waals surface area contributed by atoms with Crippen LogP contribution in [-0.2, 0) is 0 Å². The van der Waals surface area contributed by atoms with Gasteiger partial charge in [0.25, 0.3) is 0 Å². The molecule has 0 heterocycles. The lowest BCUT2D eigenvalue weighted by Crippen LogP contribution is -2.24. The predicted molar refractivity (Wildman–Crippen MR) is 105 cm³/mol. The SMILES string of the molecule is CN(CCCCNCCCCNCCCCN(C)C1CC1)C1CC1. The summed E-state index contributed by atoms with van der Waals surface area (Å²) in [5, 5.41) is 7.18. The van der Waals surface area contributed by atoms with Crippen molar-refractivity contribution in [3.05, 3.63) is 0 Å². The zero-order valence-corrected chi connectivity index (χ0v) is 16.4. The van der Waals surface area contributed by atoms with E-state index in [-0.39, 0.29) is 0 Å². The van der Waals surface area contributed by atoms with Gasteiger partial charge in [0.2, 0.25) is 0 Å². The minimum atomic E-state index is 0.921. The van der Waals surface area contributed by atoms with Crippen molar-refractivity contribution in [2.75, 3.05) is 53.4 Å². The molecule has 4 nitrogen and oxygen atoms in total. The fourth-order valence-electron chi connectivity index (χ4n) is 3.37. The van der Waals surface area contributed by atoms with Crippen LogP contribution in [0.3, 0.4) is 0 Å². The first-order valence-corrected chi connectivity index (χ1v) is 10.6. The molecule has 0 aliphatic heterocycles. The molecular formula is C20H42N4. The average molecular weight is 339 g/mol. The Labute approximate surface area is 150 Å². The highest BCUT2D eigenvalue weighted by Crippen LogP contribution is 2.25. The monoisotopic (exact) mass is 338 g/mol. The van der Waals surface area contributed by atoms with Crippen LogP contribution in [0, 0.1) is 0 Å². The Balaban J connectivity index is 1.21. The molecule has 0 saturated heterocycles. The molecule has 0 unspecified atom stereocenters. The minimum absolute atomic E-state index is 0.921. The predicted octanol–water partition coefficient (Wildman–Crippen LogP) is 2.69. The van der Waals surface area contributed by atoms with Gasteiger partial charge in [-0.05, 0) is 118 Å². The van der Waals surface area contributed by atoms with Crippen molar-refractivity contribution in [2.24, 2.45) is 0 Å². The average Bonchev–Trinajstić information content (AvgIpc) is 3.46. The fourth-order valence-corrected chi connectivity index (χ4v) is 3.37. The largest absolute Gasteiger partial charge is 0.317 e. The van der Waals surface area contributed by atoms with E-state index >= 15 is 0 Å². The fraction of sp³-hybridized carbons (Fsp3) is 1.00. The quantitative estimate of drug-likeness (QED) is 0.399. The number of nitrogens with zero attached hydrogens (tertiary/aromatic N) is 2. The molecule has 0 radical (unpaired) electrons. The molecule has 2 saturated carbocycles. The maximum absolute atomic E-state index is 3.59. The van der Waals surface area contributed by atoms with Crippen molar-refractivity contribution in [1.29, 1.82) is 0 Å². The van der Waals surface area contributed by atoms with E-state index in [2.05, 4.69) is 34.5 Å². The third kappa shape index (κ3) is 9.97. The maximum atomic E-state index is 3.59. The summed E-state index contributed by atoms with van der Waals surface area (Å²) in [6.07, 6.45) is 13.7. The lowest BCUT2D eigenvalue weighted by Gasteiger charge is -2.15. The van der Waals surface area contributed by atoms with Crippen molar-refractivity contribution in [2.45, 2.75) is 76.3 Å². The van der Waals surface area contributed by atoms with E-state index in [1.807, 2.05) is 0 Å². The number of unbranched alkanes of at least 4 members (excludes halogenated alkanes) is 3. The lowest BCUT2D eigenvalue weighted by atomic mass is 10.2. The molecule has 2 aliphatic carbocycles. The summed E-state index contributed by atoms with van der Waals surface area (Å²) in [5.41, 5.74) is 0. The van der Waals surface area contributed by atoms with Crippen molar-refractivity contribution in [1.82, 2.24) is 20.4 Å². The molecule has 0 aromatic carbocycles. The van der Waals surface area contributed by atoms with E-state index < -0.39 is 0 Å². The third-order valence-corrected chi connectivity index (χ3v) is 5.53. The molecule has 2 aliphatic rings. The standard InChI is InChI=1S/C20H42N4/c1-23(19-9-10-19)17-7-5-15-21-13-3-4-14-22-16-6-8-18-24(2)20-11-12-20/h19-22H,3-18H2,1-2H3. The molecule has 142 valence electrons. The van der Waals surface area contributed by atoms with E-state index in [4.69, 9.17) is 0 Å². The molecule has 0 amide bonds. The van der Waals surface area contributed by atoms with E-state index in [1.165, 1.54) is 103 Å². The highest BCUT2D eigenvalue weighted by molar-refractivity contribution is 4.82. The van der Waals surface area contributed by atoms with E-state index in [9.17, 15) is 0 Å². The van der Waals surface area contributed by atoms with Crippen LogP contribution in [0.15, 0.2) is 0 Å². The van der Waals surface area contributed by atoms with E-state index in [0.29, 0.717) is 0 Å². The van der Waals surface area contributed by atoms with E-state index in [1.54, 1.807) is 0 Å². The molecule has 0 bridgehead atoms.